The first-order valence-electron chi connectivity index (χ1n) is 11.0. The lowest BCUT2D eigenvalue weighted by Gasteiger charge is -2.23. The molecule has 10 heteroatoms. The first-order chi connectivity index (χ1) is 17.3. The number of para-hydroxylation sites is 1. The number of benzene rings is 3. The molecule has 1 heterocycles. The molecular weight excluding hydrogens is 498 g/mol. The van der Waals surface area contributed by atoms with Crippen molar-refractivity contribution >= 4 is 39.4 Å². The lowest BCUT2D eigenvalue weighted by molar-refractivity contribution is -0.119. The third kappa shape index (κ3) is 5.48. The number of nitrogens with one attached hydrogen (secondary N) is 1. The van der Waals surface area contributed by atoms with Gasteiger partial charge in [0.15, 0.2) is 5.15 Å². The molecule has 0 saturated carbocycles. The molecule has 4 rings (SSSR count). The van der Waals surface area contributed by atoms with Crippen LogP contribution in [-0.4, -0.2) is 36.9 Å². The van der Waals surface area contributed by atoms with Crippen molar-refractivity contribution < 1.29 is 13.2 Å². The predicted molar refractivity (Wildman–Crippen MR) is 141 cm³/mol. The molecule has 1 amide bonds. The van der Waals surface area contributed by atoms with E-state index in [-0.39, 0.29) is 10.0 Å². The molecule has 0 radical (unpaired) electrons. The number of aryl methyl sites for hydroxylation is 1. The second-order valence-electron chi connectivity index (χ2n) is 7.99. The SMILES string of the molecule is Cc1ccc(N(CC(=O)N/N=C\c2c(Cl)nn(-c3ccccc3)c2C)S(=O)(=O)c2ccccc2)cc1. The number of aromatic nitrogens is 2. The summed E-state index contributed by atoms with van der Waals surface area (Å²) >= 11 is 6.30. The summed E-state index contributed by atoms with van der Waals surface area (Å²) in [5, 5.41) is 8.56. The summed E-state index contributed by atoms with van der Waals surface area (Å²) < 4.78 is 29.4. The number of anilines is 1. The largest absolute Gasteiger partial charge is 0.271 e. The molecule has 0 atom stereocenters. The highest BCUT2D eigenvalue weighted by molar-refractivity contribution is 7.92. The number of hydrogen-bond acceptors (Lipinski definition) is 5. The van der Waals surface area contributed by atoms with Crippen molar-refractivity contribution in [1.29, 1.82) is 0 Å². The summed E-state index contributed by atoms with van der Waals surface area (Å²) in [6, 6.07) is 24.3. The Morgan fingerprint density at radius 3 is 2.25 bits per heavy atom. The molecule has 1 N–H and O–H groups in total. The minimum absolute atomic E-state index is 0.0811. The molecule has 3 aromatic carbocycles. The van der Waals surface area contributed by atoms with E-state index in [1.54, 1.807) is 47.1 Å². The number of halogens is 1. The quantitative estimate of drug-likeness (QED) is 0.273. The summed E-state index contributed by atoms with van der Waals surface area (Å²) in [6.07, 6.45) is 1.39. The molecule has 0 saturated heterocycles. The molecule has 184 valence electrons. The topological polar surface area (TPSA) is 96.7 Å². The Morgan fingerprint density at radius 1 is 1.00 bits per heavy atom. The summed E-state index contributed by atoms with van der Waals surface area (Å²) in [5.74, 6) is -0.615. The molecule has 0 unspecified atom stereocenters. The van der Waals surface area contributed by atoms with Crippen LogP contribution < -0.4 is 9.73 Å². The number of carbonyl (C=O) groups excluding carboxylic acids is 1. The highest BCUT2D eigenvalue weighted by atomic mass is 35.5. The molecule has 0 aliphatic heterocycles. The average Bonchev–Trinajstić information content (AvgIpc) is 3.17. The number of hydrogen-bond donors (Lipinski definition) is 1. The fraction of sp³-hybridized carbons (Fsp3) is 0.115. The molecule has 0 spiro atoms. The van der Waals surface area contributed by atoms with Crippen LogP contribution in [0.25, 0.3) is 5.69 Å². The third-order valence-corrected chi connectivity index (χ3v) is 7.51. The average molecular weight is 522 g/mol. The fourth-order valence-electron chi connectivity index (χ4n) is 3.53. The van der Waals surface area contributed by atoms with Crippen LogP contribution in [0, 0.1) is 13.8 Å². The van der Waals surface area contributed by atoms with E-state index in [0.29, 0.717) is 11.3 Å². The van der Waals surface area contributed by atoms with Crippen molar-refractivity contribution in [2.75, 3.05) is 10.8 Å². The van der Waals surface area contributed by atoms with Gasteiger partial charge in [-0.25, -0.2) is 18.5 Å². The standard InChI is InChI=1S/C26H24ClN5O3S/c1-19-13-15-21(16-14-19)31(36(34,35)23-11-7-4-8-12-23)18-25(33)29-28-17-24-20(2)32(30-26(24)27)22-9-5-3-6-10-22/h3-17H,18H2,1-2H3,(H,29,33)/b28-17-. The van der Waals surface area contributed by atoms with Gasteiger partial charge in [0.2, 0.25) is 0 Å². The molecular formula is C26H24ClN5O3S. The van der Waals surface area contributed by atoms with Crippen molar-refractivity contribution in [1.82, 2.24) is 15.2 Å². The number of nitrogens with zero attached hydrogens (tertiary/aromatic N) is 4. The van der Waals surface area contributed by atoms with Crippen LogP contribution in [0.4, 0.5) is 5.69 Å². The molecule has 4 aromatic rings. The van der Waals surface area contributed by atoms with Gasteiger partial charge in [-0.15, -0.1) is 0 Å². The van der Waals surface area contributed by atoms with Crippen molar-refractivity contribution in [3.8, 4) is 5.69 Å². The summed E-state index contributed by atoms with van der Waals surface area (Å²) in [7, 11) is -3.99. The Hall–Kier alpha value is -3.95. The Labute approximate surface area is 214 Å². The Kier molecular flexibility index (Phi) is 7.52. The second kappa shape index (κ2) is 10.8. The van der Waals surface area contributed by atoms with Crippen molar-refractivity contribution in [2.45, 2.75) is 18.7 Å². The van der Waals surface area contributed by atoms with Gasteiger partial charge < -0.3 is 0 Å². The van der Waals surface area contributed by atoms with E-state index < -0.39 is 22.5 Å². The maximum atomic E-state index is 13.4. The number of carbonyl (C=O) groups is 1. The van der Waals surface area contributed by atoms with Crippen LogP contribution in [-0.2, 0) is 14.8 Å². The van der Waals surface area contributed by atoms with Gasteiger partial charge in [-0.05, 0) is 50.2 Å². The van der Waals surface area contributed by atoms with E-state index in [1.807, 2.05) is 44.2 Å². The van der Waals surface area contributed by atoms with Gasteiger partial charge in [-0.2, -0.15) is 10.2 Å². The van der Waals surface area contributed by atoms with Crippen LogP contribution >= 0.6 is 11.6 Å². The lowest BCUT2D eigenvalue weighted by atomic mass is 10.2. The first kappa shape index (κ1) is 25.2. The Bertz CT molecular complexity index is 1490. The molecule has 8 nitrogen and oxygen atoms in total. The van der Waals surface area contributed by atoms with Crippen molar-refractivity contribution in [3.05, 3.63) is 107 Å². The van der Waals surface area contributed by atoms with E-state index in [1.165, 1.54) is 18.3 Å². The smallest absolute Gasteiger partial charge is 0.264 e. The van der Waals surface area contributed by atoms with Gasteiger partial charge in [0.25, 0.3) is 15.9 Å². The number of hydrazone groups is 1. The lowest BCUT2D eigenvalue weighted by Crippen LogP contribution is -2.39. The fourth-order valence-corrected chi connectivity index (χ4v) is 5.23. The van der Waals surface area contributed by atoms with Gasteiger partial charge in [0.1, 0.15) is 6.54 Å². The van der Waals surface area contributed by atoms with Crippen molar-refractivity contribution in [3.63, 3.8) is 0 Å². The number of rotatable bonds is 8. The predicted octanol–water partition coefficient (Wildman–Crippen LogP) is 4.49. The number of sulfonamides is 1. The van der Waals surface area contributed by atoms with Crippen LogP contribution in [0.2, 0.25) is 5.15 Å². The van der Waals surface area contributed by atoms with E-state index in [2.05, 4.69) is 15.6 Å². The zero-order chi connectivity index (χ0) is 25.7. The van der Waals surface area contributed by atoms with Gasteiger partial charge in [-0.3, -0.25) is 9.10 Å². The molecule has 0 aliphatic rings. The first-order valence-corrected chi connectivity index (χ1v) is 12.9. The Morgan fingerprint density at radius 2 is 1.61 bits per heavy atom. The van der Waals surface area contributed by atoms with E-state index in [0.717, 1.165) is 21.2 Å². The molecule has 1 aromatic heterocycles. The van der Waals surface area contributed by atoms with Crippen LogP contribution in [0.1, 0.15) is 16.8 Å². The monoisotopic (exact) mass is 521 g/mol. The van der Waals surface area contributed by atoms with Crippen LogP contribution in [0.3, 0.4) is 0 Å². The highest BCUT2D eigenvalue weighted by Crippen LogP contribution is 2.24. The van der Waals surface area contributed by atoms with Crippen LogP contribution in [0.5, 0.6) is 0 Å². The van der Waals surface area contributed by atoms with Gasteiger partial charge in [0.05, 0.1) is 33.7 Å². The van der Waals surface area contributed by atoms with Gasteiger partial charge in [-0.1, -0.05) is 65.7 Å². The molecule has 0 fully saturated rings. The van der Waals surface area contributed by atoms with E-state index in [9.17, 15) is 13.2 Å². The minimum Gasteiger partial charge on any atom is -0.271 e. The second-order valence-corrected chi connectivity index (χ2v) is 10.2. The maximum Gasteiger partial charge on any atom is 0.264 e. The minimum atomic E-state index is -3.99. The van der Waals surface area contributed by atoms with Gasteiger partial charge in [0, 0.05) is 0 Å². The highest BCUT2D eigenvalue weighted by Gasteiger charge is 2.27. The third-order valence-electron chi connectivity index (χ3n) is 5.44. The van der Waals surface area contributed by atoms with E-state index in [4.69, 9.17) is 11.6 Å². The summed E-state index contributed by atoms with van der Waals surface area (Å²) in [6.45, 7) is 3.27. The molecule has 0 aliphatic carbocycles. The van der Waals surface area contributed by atoms with Gasteiger partial charge >= 0.3 is 0 Å². The van der Waals surface area contributed by atoms with E-state index >= 15 is 0 Å². The van der Waals surface area contributed by atoms with Crippen LogP contribution in [0.15, 0.2) is 94.9 Å². The van der Waals surface area contributed by atoms with Crippen molar-refractivity contribution in [2.24, 2.45) is 5.10 Å². The zero-order valence-corrected chi connectivity index (χ0v) is 21.2. The Balaban J connectivity index is 1.54. The normalized spacial score (nSPS) is 11.5. The molecule has 36 heavy (non-hydrogen) atoms. The summed E-state index contributed by atoms with van der Waals surface area (Å²) in [4.78, 5) is 12.9. The molecule has 0 bridgehead atoms. The zero-order valence-electron chi connectivity index (χ0n) is 19.7. The maximum absolute atomic E-state index is 13.4. The summed E-state index contributed by atoms with van der Waals surface area (Å²) in [5.41, 5.74) is 5.83. The number of amides is 1.